The fourth-order valence-electron chi connectivity index (χ4n) is 2.89. The number of carbonyl (C=O) groups is 1. The van der Waals surface area contributed by atoms with Gasteiger partial charge in [0.15, 0.2) is 14.6 Å². The number of benzene rings is 1. The first-order valence-corrected chi connectivity index (χ1v) is 9.50. The third-order valence-electron chi connectivity index (χ3n) is 4.35. The van der Waals surface area contributed by atoms with E-state index in [0.29, 0.717) is 18.8 Å². The van der Waals surface area contributed by atoms with E-state index in [0.717, 1.165) is 11.9 Å². The number of amides is 1. The first-order chi connectivity index (χ1) is 11.4. The molecule has 0 spiro atoms. The van der Waals surface area contributed by atoms with Crippen molar-refractivity contribution in [2.24, 2.45) is 0 Å². The van der Waals surface area contributed by atoms with Crippen molar-refractivity contribution in [3.05, 3.63) is 36.7 Å². The lowest BCUT2D eigenvalue weighted by Crippen LogP contribution is -2.55. The molecule has 128 valence electrons. The fourth-order valence-corrected chi connectivity index (χ4v) is 4.22. The van der Waals surface area contributed by atoms with Crippen LogP contribution in [0, 0.1) is 0 Å². The highest BCUT2D eigenvalue weighted by Gasteiger charge is 2.48. The number of nitrogens with one attached hydrogen (secondary N) is 2. The highest BCUT2D eigenvalue weighted by molar-refractivity contribution is 7.92. The summed E-state index contributed by atoms with van der Waals surface area (Å²) in [5.41, 5.74) is 1.34. The maximum Gasteiger partial charge on any atom is 0.245 e. The van der Waals surface area contributed by atoms with Crippen LogP contribution in [0.3, 0.4) is 0 Å². The Labute approximate surface area is 140 Å². The van der Waals surface area contributed by atoms with Gasteiger partial charge in [0.25, 0.3) is 0 Å². The summed E-state index contributed by atoms with van der Waals surface area (Å²) in [5.74, 6) is -0.472. The minimum atomic E-state index is -3.52. The Morgan fingerprint density at radius 3 is 2.46 bits per heavy atom. The van der Waals surface area contributed by atoms with Crippen LogP contribution in [0.2, 0.25) is 0 Å². The number of sulfone groups is 1. The Morgan fingerprint density at radius 1 is 1.25 bits per heavy atom. The van der Waals surface area contributed by atoms with E-state index in [2.05, 4.69) is 20.9 Å². The van der Waals surface area contributed by atoms with E-state index >= 15 is 0 Å². The normalized spacial score (nSPS) is 17.4. The first-order valence-electron chi connectivity index (χ1n) is 7.61. The van der Waals surface area contributed by atoms with Crippen LogP contribution < -0.4 is 10.6 Å². The fraction of sp³-hybridized carbons (Fsp3) is 0.400. The number of hydrogen-bond donors (Lipinski definition) is 2. The van der Waals surface area contributed by atoms with E-state index in [-0.39, 0.29) is 12.8 Å². The summed E-state index contributed by atoms with van der Waals surface area (Å²) in [6, 6.07) is 6.98. The van der Waals surface area contributed by atoms with Gasteiger partial charge in [-0.3, -0.25) is 4.79 Å². The molecular formula is C15H19N5O3S. The molecular weight excluding hydrogens is 330 g/mol. The van der Waals surface area contributed by atoms with E-state index in [1.807, 2.05) is 0 Å². The maximum atomic E-state index is 12.7. The minimum Gasteiger partial charge on any atom is -0.325 e. The number of carbonyl (C=O) groups excluding carboxylic acids is 1. The SMILES string of the molecule is CS(=O)(=O)C1(C(=O)Nc2ccc(-n3ccnn3)cc2)CCNCC1. The molecule has 1 amide bonds. The minimum absolute atomic E-state index is 0.273. The second kappa shape index (κ2) is 6.33. The van der Waals surface area contributed by atoms with Gasteiger partial charge in [-0.2, -0.15) is 0 Å². The van der Waals surface area contributed by atoms with Crippen LogP contribution in [0.1, 0.15) is 12.8 Å². The lowest BCUT2D eigenvalue weighted by Gasteiger charge is -2.34. The Balaban J connectivity index is 1.80. The molecule has 1 saturated heterocycles. The van der Waals surface area contributed by atoms with E-state index < -0.39 is 20.5 Å². The molecule has 1 aliphatic rings. The van der Waals surface area contributed by atoms with E-state index in [1.54, 1.807) is 41.3 Å². The van der Waals surface area contributed by atoms with Crippen molar-refractivity contribution in [1.29, 1.82) is 0 Å². The van der Waals surface area contributed by atoms with Gasteiger partial charge in [-0.15, -0.1) is 5.10 Å². The highest BCUT2D eigenvalue weighted by atomic mass is 32.2. The lowest BCUT2D eigenvalue weighted by atomic mass is 9.95. The third-order valence-corrected chi connectivity index (χ3v) is 6.36. The van der Waals surface area contributed by atoms with Gasteiger partial charge in [0, 0.05) is 11.9 Å². The molecule has 1 aromatic carbocycles. The molecule has 0 atom stereocenters. The predicted octanol–water partition coefficient (Wildman–Crippen LogP) is 0.373. The second-order valence-corrected chi connectivity index (χ2v) is 8.19. The molecule has 0 radical (unpaired) electrons. The molecule has 2 N–H and O–H groups in total. The summed E-state index contributed by atoms with van der Waals surface area (Å²) < 4.78 is 24.7. The number of aromatic nitrogens is 3. The maximum absolute atomic E-state index is 12.7. The zero-order valence-corrected chi connectivity index (χ0v) is 14.1. The number of piperidine rings is 1. The average molecular weight is 349 g/mol. The summed E-state index contributed by atoms with van der Waals surface area (Å²) in [5, 5.41) is 13.5. The Kier molecular flexibility index (Phi) is 4.37. The molecule has 2 aromatic rings. The summed E-state index contributed by atoms with van der Waals surface area (Å²) in [7, 11) is -3.52. The van der Waals surface area contributed by atoms with Crippen LogP contribution in [-0.4, -0.2) is 53.4 Å². The van der Waals surface area contributed by atoms with Crippen LogP contribution in [0.15, 0.2) is 36.7 Å². The summed E-state index contributed by atoms with van der Waals surface area (Å²) >= 11 is 0. The van der Waals surface area contributed by atoms with E-state index in [9.17, 15) is 13.2 Å². The quantitative estimate of drug-likeness (QED) is 0.826. The van der Waals surface area contributed by atoms with Gasteiger partial charge in [0.05, 0.1) is 18.1 Å². The second-order valence-electron chi connectivity index (χ2n) is 5.87. The molecule has 1 aliphatic heterocycles. The molecule has 3 rings (SSSR count). The van der Waals surface area contributed by atoms with Crippen LogP contribution in [0.4, 0.5) is 5.69 Å². The van der Waals surface area contributed by atoms with Gasteiger partial charge < -0.3 is 10.6 Å². The molecule has 1 aromatic heterocycles. The molecule has 1 fully saturated rings. The van der Waals surface area contributed by atoms with Crippen molar-refractivity contribution < 1.29 is 13.2 Å². The van der Waals surface area contributed by atoms with Crippen molar-refractivity contribution in [3.63, 3.8) is 0 Å². The third kappa shape index (κ3) is 3.04. The van der Waals surface area contributed by atoms with Crippen molar-refractivity contribution in [2.75, 3.05) is 24.7 Å². The first kappa shape index (κ1) is 16.6. The average Bonchev–Trinajstić information content (AvgIpc) is 3.09. The molecule has 24 heavy (non-hydrogen) atoms. The Bertz CT molecular complexity index is 809. The molecule has 0 unspecified atom stereocenters. The van der Waals surface area contributed by atoms with E-state index in [1.165, 1.54) is 0 Å². The van der Waals surface area contributed by atoms with Crippen molar-refractivity contribution in [3.8, 4) is 5.69 Å². The van der Waals surface area contributed by atoms with Crippen LogP contribution >= 0.6 is 0 Å². The summed E-state index contributed by atoms with van der Waals surface area (Å²) in [6.07, 6.45) is 4.96. The van der Waals surface area contributed by atoms with Gasteiger partial charge in [-0.1, -0.05) is 5.21 Å². The van der Waals surface area contributed by atoms with Gasteiger partial charge in [0.2, 0.25) is 5.91 Å². The lowest BCUT2D eigenvalue weighted by molar-refractivity contribution is -0.119. The predicted molar refractivity (Wildman–Crippen MR) is 89.7 cm³/mol. The van der Waals surface area contributed by atoms with Crippen molar-refractivity contribution in [2.45, 2.75) is 17.6 Å². The summed E-state index contributed by atoms with van der Waals surface area (Å²) in [6.45, 7) is 1.01. The topological polar surface area (TPSA) is 106 Å². The molecule has 0 saturated carbocycles. The largest absolute Gasteiger partial charge is 0.325 e. The van der Waals surface area contributed by atoms with Crippen molar-refractivity contribution in [1.82, 2.24) is 20.3 Å². The number of hydrogen-bond acceptors (Lipinski definition) is 6. The molecule has 9 heteroatoms. The van der Waals surface area contributed by atoms with E-state index in [4.69, 9.17) is 0 Å². The highest BCUT2D eigenvalue weighted by Crippen LogP contribution is 2.29. The molecule has 0 aliphatic carbocycles. The molecule has 2 heterocycles. The molecule has 0 bridgehead atoms. The van der Waals surface area contributed by atoms with Crippen LogP contribution in [0.25, 0.3) is 5.69 Å². The standard InChI is InChI=1S/C15H19N5O3S/c1-24(22,23)15(6-8-16-9-7-15)14(21)18-12-2-4-13(5-3-12)20-11-10-17-19-20/h2-5,10-11,16H,6-9H2,1H3,(H,18,21). The van der Waals surface area contributed by atoms with Crippen LogP contribution in [0.5, 0.6) is 0 Å². The monoisotopic (exact) mass is 349 g/mol. The smallest absolute Gasteiger partial charge is 0.245 e. The van der Waals surface area contributed by atoms with Gasteiger partial charge >= 0.3 is 0 Å². The zero-order chi connectivity index (χ0) is 17.2. The number of nitrogens with zero attached hydrogens (tertiary/aromatic N) is 3. The molecule has 8 nitrogen and oxygen atoms in total. The number of anilines is 1. The number of rotatable bonds is 4. The Morgan fingerprint density at radius 2 is 1.92 bits per heavy atom. The van der Waals surface area contributed by atoms with Crippen molar-refractivity contribution >= 4 is 21.4 Å². The van der Waals surface area contributed by atoms with Crippen LogP contribution in [-0.2, 0) is 14.6 Å². The Hall–Kier alpha value is -2.26. The van der Waals surface area contributed by atoms with Gasteiger partial charge in [0.1, 0.15) is 0 Å². The summed E-state index contributed by atoms with van der Waals surface area (Å²) in [4.78, 5) is 12.7. The van der Waals surface area contributed by atoms with Gasteiger partial charge in [-0.05, 0) is 50.2 Å². The zero-order valence-electron chi connectivity index (χ0n) is 13.3. The van der Waals surface area contributed by atoms with Gasteiger partial charge in [-0.25, -0.2) is 13.1 Å².